The fourth-order valence-corrected chi connectivity index (χ4v) is 8.12. The van der Waals surface area contributed by atoms with E-state index in [1.54, 1.807) is 6.07 Å². The van der Waals surface area contributed by atoms with Crippen LogP contribution in [0.1, 0.15) is 63.1 Å². The number of hydrogen-bond acceptors (Lipinski definition) is 7. The van der Waals surface area contributed by atoms with Gasteiger partial charge in [-0.15, -0.1) is 0 Å². The zero-order valence-electron chi connectivity index (χ0n) is 29.7. The molecule has 1 atom stereocenters. The van der Waals surface area contributed by atoms with Crippen molar-refractivity contribution in [1.82, 2.24) is 4.58 Å². The molecule has 3 N–H and O–H groups in total. The Morgan fingerprint density at radius 2 is 1.67 bits per heavy atom. The summed E-state index contributed by atoms with van der Waals surface area (Å²) in [6, 6.07) is 20.2. The van der Waals surface area contributed by atoms with Crippen molar-refractivity contribution in [2.24, 2.45) is 0 Å². The summed E-state index contributed by atoms with van der Waals surface area (Å²) in [4.78, 5) is 13.1. The smallest absolute Gasteiger partial charge is 0.303 e. The Kier molecular flexibility index (Phi) is 11.6. The van der Waals surface area contributed by atoms with Gasteiger partial charge in [-0.3, -0.25) is 13.9 Å². The van der Waals surface area contributed by atoms with Crippen molar-refractivity contribution in [3.63, 3.8) is 0 Å². The minimum atomic E-state index is -4.57. The molecular weight excluding hydrogens is 705 g/mol. The third-order valence-electron chi connectivity index (χ3n) is 9.75. The normalized spacial score (nSPS) is 17.0. The Hall–Kier alpha value is -4.56. The highest BCUT2D eigenvalue weighted by Crippen LogP contribution is 2.51. The maximum absolute atomic E-state index is 12.2. The van der Waals surface area contributed by atoms with Gasteiger partial charge in [0.05, 0.1) is 16.7 Å². The first-order valence-electron chi connectivity index (χ1n) is 17.2. The zero-order chi connectivity index (χ0) is 37.8. The van der Waals surface area contributed by atoms with Crippen LogP contribution in [0.25, 0.3) is 28.7 Å². The Labute approximate surface area is 305 Å². The summed E-state index contributed by atoms with van der Waals surface area (Å²) >= 11 is 0. The zero-order valence-corrected chi connectivity index (χ0v) is 31.4. The van der Waals surface area contributed by atoms with E-state index in [0.29, 0.717) is 34.9 Å². The summed E-state index contributed by atoms with van der Waals surface area (Å²) < 4.78 is 76.0. The van der Waals surface area contributed by atoms with Crippen molar-refractivity contribution in [2.45, 2.75) is 63.7 Å². The molecule has 0 saturated heterocycles. The molecule has 1 unspecified atom stereocenters. The lowest BCUT2D eigenvalue weighted by Gasteiger charge is -2.30. The van der Waals surface area contributed by atoms with Crippen molar-refractivity contribution in [1.29, 1.82) is 0 Å². The molecule has 1 aliphatic carbocycles. The Morgan fingerprint density at radius 3 is 2.31 bits per heavy atom. The van der Waals surface area contributed by atoms with E-state index in [1.165, 1.54) is 12.1 Å². The summed E-state index contributed by atoms with van der Waals surface area (Å²) in [5, 5.41) is 10.5. The second kappa shape index (κ2) is 15.6. The van der Waals surface area contributed by atoms with Crippen LogP contribution in [0.4, 0.5) is 5.69 Å². The largest absolute Gasteiger partial charge is 0.481 e. The standard InChI is InChI=1S/C39H44N2O9S2/c1-5-40(6-2)29-18-20-32-31(27(3)38(50-35(32)25-29)28-13-8-7-9-14-28)15-10-16-36-39(4,22-11-17-37(42)43)33-26-30(52(47,48)49)19-21-34(33)41(36)23-12-24-51(44,45)46/h7-10,13-16,18-21,25-26H,5-6,11-12,17,22-24H2,1-4H3,(H2-,42,43,44,45,46,47,48,49)/p+1. The number of carboxylic acids is 1. The number of benzene rings is 3. The molecule has 52 heavy (non-hydrogen) atoms. The molecule has 5 rings (SSSR count). The van der Waals surface area contributed by atoms with E-state index >= 15 is 0 Å². The highest BCUT2D eigenvalue weighted by atomic mass is 32.2. The lowest BCUT2D eigenvalue weighted by molar-refractivity contribution is -0.137. The molecule has 0 aromatic heterocycles. The van der Waals surface area contributed by atoms with Gasteiger partial charge in [-0.1, -0.05) is 42.5 Å². The molecular formula is C39H45N2O9S2+. The van der Waals surface area contributed by atoms with Crippen molar-refractivity contribution in [2.75, 3.05) is 30.3 Å². The fourth-order valence-electron chi connectivity index (χ4n) is 7.12. The molecule has 0 radical (unpaired) electrons. The van der Waals surface area contributed by atoms with Crippen LogP contribution in [0.2, 0.25) is 0 Å². The van der Waals surface area contributed by atoms with Gasteiger partial charge in [0.15, 0.2) is 0 Å². The van der Waals surface area contributed by atoms with Crippen molar-refractivity contribution in [3.05, 3.63) is 107 Å². The molecule has 3 aliphatic rings. The van der Waals surface area contributed by atoms with Crippen LogP contribution in [0.3, 0.4) is 0 Å². The van der Waals surface area contributed by atoms with E-state index in [-0.39, 0.29) is 30.7 Å². The average Bonchev–Trinajstić information content (AvgIpc) is 3.31. The van der Waals surface area contributed by atoms with Gasteiger partial charge < -0.3 is 14.4 Å². The summed E-state index contributed by atoms with van der Waals surface area (Å²) in [7, 11) is -8.82. The highest BCUT2D eigenvalue weighted by molar-refractivity contribution is 7.86. The first-order valence-corrected chi connectivity index (χ1v) is 20.3. The maximum atomic E-state index is 12.2. The SMILES string of the molecule is CC[N+](CC)=c1ccc2c(/C=C/C=C3\N(CCCS(=O)(=O)O)c4ccc(S(=O)(=O)O)cc4C3(C)CCCC(=O)O)c(C)c(-c3ccccc3)oc-2c1. The number of fused-ring (bicyclic) bond motifs is 2. The Balaban J connectivity index is 1.71. The Morgan fingerprint density at radius 1 is 0.962 bits per heavy atom. The molecule has 0 spiro atoms. The van der Waals surface area contributed by atoms with Gasteiger partial charge in [-0.25, -0.2) is 4.58 Å². The lowest BCUT2D eigenvalue weighted by Crippen LogP contribution is -2.30. The number of carboxylic acid groups (broad SMARTS) is 1. The van der Waals surface area contributed by atoms with Gasteiger partial charge in [0.1, 0.15) is 24.6 Å². The number of allylic oxidation sites excluding steroid dienone is 3. The summed E-state index contributed by atoms with van der Waals surface area (Å²) in [5.74, 6) is -0.0397. The molecule has 0 saturated carbocycles. The number of hydrogen-bond donors (Lipinski definition) is 3. The minimum Gasteiger partial charge on any atom is -0.481 e. The topological polar surface area (TPSA) is 165 Å². The van der Waals surface area contributed by atoms with Gasteiger partial charge >= 0.3 is 5.97 Å². The quantitative estimate of drug-likeness (QED) is 0.0942. The Bertz CT molecular complexity index is 2290. The van der Waals surface area contributed by atoms with Crippen LogP contribution in [-0.4, -0.2) is 62.4 Å². The van der Waals surface area contributed by atoms with Gasteiger partial charge in [0.25, 0.3) is 20.2 Å². The predicted molar refractivity (Wildman–Crippen MR) is 202 cm³/mol. The molecule has 0 amide bonds. The van der Waals surface area contributed by atoms with Crippen LogP contribution in [0.15, 0.2) is 93.9 Å². The average molecular weight is 750 g/mol. The molecule has 0 fully saturated rings. The molecule has 276 valence electrons. The van der Waals surface area contributed by atoms with E-state index in [0.717, 1.165) is 40.7 Å². The number of rotatable bonds is 14. The molecule has 2 aromatic rings. The third-order valence-corrected chi connectivity index (χ3v) is 11.4. The van der Waals surface area contributed by atoms with Gasteiger partial charge in [-0.05, 0) is 88.4 Å². The van der Waals surface area contributed by atoms with Crippen LogP contribution in [0.5, 0.6) is 0 Å². The van der Waals surface area contributed by atoms with Crippen LogP contribution in [-0.2, 0) is 30.4 Å². The van der Waals surface area contributed by atoms with Crippen molar-refractivity contribution in [3.8, 4) is 22.6 Å². The van der Waals surface area contributed by atoms with E-state index in [4.69, 9.17) is 4.42 Å². The molecule has 2 aromatic carbocycles. The second-order valence-corrected chi connectivity index (χ2v) is 16.1. The maximum Gasteiger partial charge on any atom is 0.303 e. The van der Waals surface area contributed by atoms with Crippen LogP contribution in [0, 0.1) is 6.92 Å². The van der Waals surface area contributed by atoms with E-state index in [1.807, 2.05) is 79.4 Å². The van der Waals surface area contributed by atoms with Gasteiger partial charge in [0, 0.05) is 52.5 Å². The number of anilines is 1. The summed E-state index contributed by atoms with van der Waals surface area (Å²) in [5.41, 5.74) is 4.53. The van der Waals surface area contributed by atoms with E-state index < -0.39 is 37.4 Å². The highest BCUT2D eigenvalue weighted by Gasteiger charge is 2.43. The van der Waals surface area contributed by atoms with Crippen molar-refractivity contribution >= 4 is 38.0 Å². The van der Waals surface area contributed by atoms with E-state index in [2.05, 4.69) is 24.5 Å². The number of nitrogens with zero attached hydrogens (tertiary/aromatic N) is 2. The van der Waals surface area contributed by atoms with Crippen molar-refractivity contribution < 1.29 is 40.3 Å². The molecule has 13 heteroatoms. The monoisotopic (exact) mass is 749 g/mol. The predicted octanol–water partition coefficient (Wildman–Crippen LogP) is 6.63. The first-order chi connectivity index (χ1) is 24.6. The van der Waals surface area contributed by atoms with Gasteiger partial charge in [-0.2, -0.15) is 16.8 Å². The lowest BCUT2D eigenvalue weighted by atomic mass is 9.77. The minimum absolute atomic E-state index is 0.0594. The molecule has 0 bridgehead atoms. The summed E-state index contributed by atoms with van der Waals surface area (Å²) in [6.45, 7) is 9.90. The molecule has 11 nitrogen and oxygen atoms in total. The molecule has 2 heterocycles. The van der Waals surface area contributed by atoms with Gasteiger partial charge in [0.2, 0.25) is 5.36 Å². The number of aliphatic carboxylic acids is 1. The second-order valence-electron chi connectivity index (χ2n) is 13.1. The number of carbonyl (C=O) groups is 1. The van der Waals surface area contributed by atoms with Crippen LogP contribution < -0.4 is 14.8 Å². The fraction of sp³-hybridized carbons (Fsp3) is 0.333. The first kappa shape index (κ1) is 38.7. The summed E-state index contributed by atoms with van der Waals surface area (Å²) in [6.07, 6.45) is 6.25. The van der Waals surface area contributed by atoms with Crippen LogP contribution >= 0.6 is 0 Å². The van der Waals surface area contributed by atoms with E-state index in [9.17, 15) is 35.8 Å². The third kappa shape index (κ3) is 8.39. The molecule has 2 aliphatic heterocycles.